The Hall–Kier alpha value is -3.29. The number of hydrogen-bond donors (Lipinski definition) is 2. The van der Waals surface area contributed by atoms with Gasteiger partial charge in [0.05, 0.1) is 5.52 Å². The number of pyridine rings is 2. The highest BCUT2D eigenvalue weighted by Crippen LogP contribution is 2.32. The molecule has 0 saturated carbocycles. The van der Waals surface area contributed by atoms with Crippen molar-refractivity contribution in [1.29, 1.82) is 0 Å². The molecule has 7 heteroatoms. The Balaban J connectivity index is 1.91. The number of anilines is 1. The highest BCUT2D eigenvalue weighted by molar-refractivity contribution is 7.89. The number of nitrogens with two attached hydrogens (primary N) is 2. The fourth-order valence-electron chi connectivity index (χ4n) is 3.02. The van der Waals surface area contributed by atoms with Crippen molar-refractivity contribution < 1.29 is 8.42 Å². The molecule has 2 aromatic heterocycles. The summed E-state index contributed by atoms with van der Waals surface area (Å²) in [5, 5.41) is 6.15. The van der Waals surface area contributed by atoms with Gasteiger partial charge in [-0.25, -0.2) is 13.6 Å². The highest BCUT2D eigenvalue weighted by atomic mass is 32.2. The molecule has 0 saturated heterocycles. The number of rotatable bonds is 3. The minimum Gasteiger partial charge on any atom is -0.399 e. The quantitative estimate of drug-likeness (QED) is 0.533. The number of hydrogen-bond acceptors (Lipinski definition) is 5. The zero-order valence-corrected chi connectivity index (χ0v) is 15.0. The molecule has 0 spiro atoms. The first-order chi connectivity index (χ1) is 12.9. The number of primary sulfonamides is 1. The van der Waals surface area contributed by atoms with Gasteiger partial charge in [-0.05, 0) is 53.1 Å². The Bertz CT molecular complexity index is 1270. The van der Waals surface area contributed by atoms with Crippen LogP contribution in [0.15, 0.2) is 78.1 Å². The van der Waals surface area contributed by atoms with Crippen LogP contribution < -0.4 is 10.9 Å². The zero-order chi connectivity index (χ0) is 19.0. The molecule has 134 valence electrons. The van der Waals surface area contributed by atoms with E-state index in [9.17, 15) is 8.42 Å². The van der Waals surface area contributed by atoms with Crippen molar-refractivity contribution in [3.8, 4) is 22.3 Å². The molecule has 0 unspecified atom stereocenters. The minimum absolute atomic E-state index is 0.0256. The van der Waals surface area contributed by atoms with E-state index in [4.69, 9.17) is 10.9 Å². The molecule has 0 radical (unpaired) electrons. The maximum Gasteiger partial charge on any atom is 0.239 e. The molecule has 2 heterocycles. The van der Waals surface area contributed by atoms with Gasteiger partial charge in [-0.3, -0.25) is 9.97 Å². The van der Waals surface area contributed by atoms with E-state index in [-0.39, 0.29) is 4.90 Å². The molecule has 0 amide bonds. The lowest BCUT2D eigenvalue weighted by Crippen LogP contribution is -2.12. The largest absolute Gasteiger partial charge is 0.399 e. The number of nitrogens with zero attached hydrogens (tertiary/aromatic N) is 2. The van der Waals surface area contributed by atoms with Gasteiger partial charge in [0.1, 0.15) is 4.90 Å². The van der Waals surface area contributed by atoms with E-state index in [1.807, 2.05) is 48.5 Å². The number of fused-ring (bicyclic) bond motifs is 1. The third-order valence-electron chi connectivity index (χ3n) is 4.31. The molecule has 6 nitrogen and oxygen atoms in total. The van der Waals surface area contributed by atoms with E-state index in [0.29, 0.717) is 11.3 Å². The summed E-state index contributed by atoms with van der Waals surface area (Å²) in [7, 11) is -3.82. The summed E-state index contributed by atoms with van der Waals surface area (Å²) >= 11 is 0. The summed E-state index contributed by atoms with van der Waals surface area (Å²) in [4.78, 5) is 8.40. The average molecular weight is 376 g/mol. The smallest absolute Gasteiger partial charge is 0.239 e. The van der Waals surface area contributed by atoms with Crippen LogP contribution in [0.25, 0.3) is 33.2 Å². The standard InChI is InChI=1S/C20H16N4O2S/c21-16-3-1-2-14(8-16)18-6-7-24-20-5-4-13(10-19(18)20)15-9-17(12-23-11-15)27(22,25)26/h1-12H,21H2,(H2,22,25,26). The molecule has 0 fully saturated rings. The number of sulfonamides is 1. The summed E-state index contributed by atoms with van der Waals surface area (Å²) in [6, 6.07) is 16.8. The molecular weight excluding hydrogens is 360 g/mol. The first-order valence-corrected chi connectivity index (χ1v) is 9.69. The van der Waals surface area contributed by atoms with Crippen LogP contribution in [0.4, 0.5) is 5.69 Å². The van der Waals surface area contributed by atoms with E-state index < -0.39 is 10.0 Å². The number of aromatic nitrogens is 2. The fourth-order valence-corrected chi connectivity index (χ4v) is 3.52. The van der Waals surface area contributed by atoms with E-state index in [1.54, 1.807) is 12.4 Å². The molecule has 0 aliphatic rings. The second-order valence-electron chi connectivity index (χ2n) is 6.17. The summed E-state index contributed by atoms with van der Waals surface area (Å²) < 4.78 is 23.2. The van der Waals surface area contributed by atoms with Crippen LogP contribution in [0.3, 0.4) is 0 Å². The molecule has 2 aromatic carbocycles. The van der Waals surface area contributed by atoms with Crippen molar-refractivity contribution in [2.24, 2.45) is 5.14 Å². The summed E-state index contributed by atoms with van der Waals surface area (Å²) in [6.45, 7) is 0. The molecule has 4 rings (SSSR count). The third kappa shape index (κ3) is 3.38. The molecule has 4 N–H and O–H groups in total. The first kappa shape index (κ1) is 17.1. The van der Waals surface area contributed by atoms with Gasteiger partial charge in [0.15, 0.2) is 0 Å². The van der Waals surface area contributed by atoms with Gasteiger partial charge in [0.25, 0.3) is 0 Å². The molecule has 27 heavy (non-hydrogen) atoms. The molecular formula is C20H16N4O2S. The number of benzene rings is 2. The lowest BCUT2D eigenvalue weighted by molar-refractivity contribution is 0.597. The van der Waals surface area contributed by atoms with Crippen molar-refractivity contribution >= 4 is 26.6 Å². The Morgan fingerprint density at radius 2 is 1.70 bits per heavy atom. The Labute approximate surface area is 156 Å². The second-order valence-corrected chi connectivity index (χ2v) is 7.73. The fraction of sp³-hybridized carbons (Fsp3) is 0. The van der Waals surface area contributed by atoms with Crippen LogP contribution >= 0.6 is 0 Å². The average Bonchev–Trinajstić information content (AvgIpc) is 2.66. The van der Waals surface area contributed by atoms with E-state index in [0.717, 1.165) is 27.6 Å². The normalized spacial score (nSPS) is 11.6. The Morgan fingerprint density at radius 3 is 2.48 bits per heavy atom. The van der Waals surface area contributed by atoms with Crippen LogP contribution in [0.2, 0.25) is 0 Å². The van der Waals surface area contributed by atoms with Crippen LogP contribution in [0.5, 0.6) is 0 Å². The van der Waals surface area contributed by atoms with Gasteiger partial charge in [0, 0.05) is 35.2 Å². The van der Waals surface area contributed by atoms with Gasteiger partial charge in [-0.1, -0.05) is 18.2 Å². The lowest BCUT2D eigenvalue weighted by atomic mass is 9.98. The van der Waals surface area contributed by atoms with Crippen molar-refractivity contribution in [2.45, 2.75) is 4.90 Å². The Morgan fingerprint density at radius 1 is 0.852 bits per heavy atom. The van der Waals surface area contributed by atoms with Gasteiger partial charge in [-0.15, -0.1) is 0 Å². The zero-order valence-electron chi connectivity index (χ0n) is 14.2. The van der Waals surface area contributed by atoms with Crippen molar-refractivity contribution in [2.75, 3.05) is 5.73 Å². The molecule has 4 aromatic rings. The first-order valence-electron chi connectivity index (χ1n) is 8.15. The predicted molar refractivity (Wildman–Crippen MR) is 106 cm³/mol. The summed E-state index contributed by atoms with van der Waals surface area (Å²) in [5.41, 5.74) is 10.9. The van der Waals surface area contributed by atoms with Crippen molar-refractivity contribution in [1.82, 2.24) is 9.97 Å². The van der Waals surface area contributed by atoms with Crippen molar-refractivity contribution in [3.05, 3.63) is 73.2 Å². The maximum atomic E-state index is 11.6. The molecule has 0 aliphatic carbocycles. The van der Waals surface area contributed by atoms with Gasteiger partial charge in [0.2, 0.25) is 10.0 Å². The number of nitrogen functional groups attached to an aromatic ring is 1. The molecule has 0 bridgehead atoms. The van der Waals surface area contributed by atoms with Gasteiger partial charge < -0.3 is 5.73 Å². The minimum atomic E-state index is -3.82. The summed E-state index contributed by atoms with van der Waals surface area (Å²) in [5.74, 6) is 0. The summed E-state index contributed by atoms with van der Waals surface area (Å²) in [6.07, 6.45) is 4.59. The molecule has 0 atom stereocenters. The SMILES string of the molecule is Nc1cccc(-c2ccnc3ccc(-c4cncc(S(N)(=O)=O)c4)cc23)c1. The van der Waals surface area contributed by atoms with Crippen molar-refractivity contribution in [3.63, 3.8) is 0 Å². The monoisotopic (exact) mass is 376 g/mol. The van der Waals surface area contributed by atoms with E-state index >= 15 is 0 Å². The van der Waals surface area contributed by atoms with Crippen LogP contribution in [-0.2, 0) is 10.0 Å². The van der Waals surface area contributed by atoms with Crippen LogP contribution in [0.1, 0.15) is 0 Å². The predicted octanol–water partition coefficient (Wildman–Crippen LogP) is 3.19. The van der Waals surface area contributed by atoms with E-state index in [1.165, 1.54) is 12.3 Å². The van der Waals surface area contributed by atoms with Crippen LogP contribution in [-0.4, -0.2) is 18.4 Å². The van der Waals surface area contributed by atoms with Crippen LogP contribution in [0, 0.1) is 0 Å². The Kier molecular flexibility index (Phi) is 4.10. The third-order valence-corrected chi connectivity index (χ3v) is 5.19. The molecule has 0 aliphatic heterocycles. The topological polar surface area (TPSA) is 112 Å². The lowest BCUT2D eigenvalue weighted by Gasteiger charge is -2.10. The highest BCUT2D eigenvalue weighted by Gasteiger charge is 2.11. The van der Waals surface area contributed by atoms with Gasteiger partial charge >= 0.3 is 0 Å². The maximum absolute atomic E-state index is 11.6. The van der Waals surface area contributed by atoms with E-state index in [2.05, 4.69) is 9.97 Å². The second kappa shape index (κ2) is 6.46. The van der Waals surface area contributed by atoms with Gasteiger partial charge in [-0.2, -0.15) is 0 Å².